The van der Waals surface area contributed by atoms with Crippen LogP contribution in [0.1, 0.15) is 37.0 Å². The van der Waals surface area contributed by atoms with Gasteiger partial charge in [0.1, 0.15) is 11.9 Å². The molecule has 1 aromatic carbocycles. The highest BCUT2D eigenvalue weighted by Crippen LogP contribution is 2.22. The Balaban J connectivity index is 1.88. The predicted molar refractivity (Wildman–Crippen MR) is 99.5 cm³/mol. The number of ketones is 1. The van der Waals surface area contributed by atoms with Gasteiger partial charge in [0.2, 0.25) is 5.91 Å². The summed E-state index contributed by atoms with van der Waals surface area (Å²) < 4.78 is 14.3. The molecule has 1 heterocycles. The lowest BCUT2D eigenvalue weighted by Crippen LogP contribution is -2.52. The van der Waals surface area contributed by atoms with E-state index in [-0.39, 0.29) is 18.2 Å². The quantitative estimate of drug-likeness (QED) is 0.666. The van der Waals surface area contributed by atoms with Crippen molar-refractivity contribution in [3.63, 3.8) is 0 Å². The van der Waals surface area contributed by atoms with E-state index in [2.05, 4.69) is 5.32 Å². The standard InChI is InChI=1S/C19H26FN3O4/c1-3-4-16(19(26)27)21-12-18(25)23-9-7-22(8-10-23)17-6-5-14(13(2)24)11-15(17)20/h5-6,11,16,21H,3-4,7-10,12H2,1-2H3,(H,26,27). The molecular formula is C19H26FN3O4. The van der Waals surface area contributed by atoms with Gasteiger partial charge in [-0.3, -0.25) is 19.7 Å². The lowest BCUT2D eigenvalue weighted by Gasteiger charge is -2.36. The van der Waals surface area contributed by atoms with Crippen LogP contribution < -0.4 is 10.2 Å². The van der Waals surface area contributed by atoms with Gasteiger partial charge in [0.15, 0.2) is 5.78 Å². The normalized spacial score (nSPS) is 15.5. The molecule has 2 N–H and O–H groups in total. The van der Waals surface area contributed by atoms with Crippen molar-refractivity contribution in [1.29, 1.82) is 0 Å². The number of aliphatic carboxylic acids is 1. The summed E-state index contributed by atoms with van der Waals surface area (Å²) in [7, 11) is 0. The number of nitrogens with zero attached hydrogens (tertiary/aromatic N) is 2. The van der Waals surface area contributed by atoms with E-state index in [1.54, 1.807) is 17.0 Å². The Kier molecular flexibility index (Phi) is 7.29. The van der Waals surface area contributed by atoms with Crippen molar-refractivity contribution in [2.24, 2.45) is 0 Å². The van der Waals surface area contributed by atoms with Crippen molar-refractivity contribution >= 4 is 23.3 Å². The first-order valence-corrected chi connectivity index (χ1v) is 9.12. The maximum Gasteiger partial charge on any atom is 0.320 e. The van der Waals surface area contributed by atoms with Gasteiger partial charge in [0.25, 0.3) is 0 Å². The molecular weight excluding hydrogens is 353 g/mol. The van der Waals surface area contributed by atoms with Crippen LogP contribution in [0.2, 0.25) is 0 Å². The molecule has 0 spiro atoms. The summed E-state index contributed by atoms with van der Waals surface area (Å²) in [5.74, 6) is -1.76. The molecule has 1 atom stereocenters. The Morgan fingerprint density at radius 2 is 1.89 bits per heavy atom. The van der Waals surface area contributed by atoms with Crippen molar-refractivity contribution in [1.82, 2.24) is 10.2 Å². The van der Waals surface area contributed by atoms with Gasteiger partial charge in [-0.15, -0.1) is 0 Å². The van der Waals surface area contributed by atoms with Gasteiger partial charge in [0, 0.05) is 31.7 Å². The molecule has 27 heavy (non-hydrogen) atoms. The smallest absolute Gasteiger partial charge is 0.320 e. The van der Waals surface area contributed by atoms with Gasteiger partial charge in [-0.2, -0.15) is 0 Å². The van der Waals surface area contributed by atoms with Crippen LogP contribution in [0.25, 0.3) is 0 Å². The van der Waals surface area contributed by atoms with E-state index < -0.39 is 17.8 Å². The molecule has 1 aliphatic heterocycles. The van der Waals surface area contributed by atoms with E-state index in [0.29, 0.717) is 50.3 Å². The molecule has 1 unspecified atom stereocenters. The zero-order chi connectivity index (χ0) is 20.0. The summed E-state index contributed by atoms with van der Waals surface area (Å²) in [5.41, 5.74) is 0.746. The third-order valence-corrected chi connectivity index (χ3v) is 4.70. The summed E-state index contributed by atoms with van der Waals surface area (Å²) in [6.07, 6.45) is 1.18. The Bertz CT molecular complexity index is 702. The van der Waals surface area contributed by atoms with Crippen LogP contribution >= 0.6 is 0 Å². The number of rotatable bonds is 8. The largest absolute Gasteiger partial charge is 0.480 e. The predicted octanol–water partition coefficient (Wildman–Crippen LogP) is 1.52. The highest BCUT2D eigenvalue weighted by atomic mass is 19.1. The third-order valence-electron chi connectivity index (χ3n) is 4.70. The highest BCUT2D eigenvalue weighted by molar-refractivity contribution is 5.94. The maximum atomic E-state index is 14.3. The number of amides is 1. The second-order valence-corrected chi connectivity index (χ2v) is 6.65. The SMILES string of the molecule is CCCC(NCC(=O)N1CCN(c2ccc(C(C)=O)cc2F)CC1)C(=O)O. The Morgan fingerprint density at radius 3 is 2.41 bits per heavy atom. The molecule has 0 saturated carbocycles. The molecule has 0 bridgehead atoms. The molecule has 1 aliphatic rings. The number of hydrogen-bond acceptors (Lipinski definition) is 5. The summed E-state index contributed by atoms with van der Waals surface area (Å²) in [4.78, 5) is 38.2. The lowest BCUT2D eigenvalue weighted by molar-refractivity contribution is -0.140. The molecule has 1 aromatic rings. The maximum absolute atomic E-state index is 14.3. The van der Waals surface area contributed by atoms with E-state index in [1.807, 2.05) is 11.8 Å². The Labute approximate surface area is 158 Å². The topological polar surface area (TPSA) is 90.0 Å². The van der Waals surface area contributed by atoms with Crippen LogP contribution in [-0.2, 0) is 9.59 Å². The third kappa shape index (κ3) is 5.50. The molecule has 1 saturated heterocycles. The minimum atomic E-state index is -0.959. The van der Waals surface area contributed by atoms with Gasteiger partial charge >= 0.3 is 5.97 Å². The number of benzene rings is 1. The molecule has 0 radical (unpaired) electrons. The number of anilines is 1. The van der Waals surface area contributed by atoms with Gasteiger partial charge in [-0.05, 0) is 31.5 Å². The Hall–Kier alpha value is -2.48. The zero-order valence-corrected chi connectivity index (χ0v) is 15.7. The van der Waals surface area contributed by atoms with Crippen LogP contribution in [0.4, 0.5) is 10.1 Å². The van der Waals surface area contributed by atoms with E-state index >= 15 is 0 Å². The van der Waals surface area contributed by atoms with Crippen LogP contribution in [0.3, 0.4) is 0 Å². The van der Waals surface area contributed by atoms with Crippen molar-refractivity contribution < 1.29 is 23.9 Å². The molecule has 1 fully saturated rings. The number of carboxylic acid groups (broad SMARTS) is 1. The number of carboxylic acids is 1. The first kappa shape index (κ1) is 20.8. The summed E-state index contributed by atoms with van der Waals surface area (Å²) in [6, 6.07) is 3.70. The molecule has 148 valence electrons. The fourth-order valence-corrected chi connectivity index (χ4v) is 3.10. The average Bonchev–Trinajstić information content (AvgIpc) is 2.64. The van der Waals surface area contributed by atoms with Crippen molar-refractivity contribution in [2.75, 3.05) is 37.6 Å². The molecule has 7 nitrogen and oxygen atoms in total. The number of hydrogen-bond donors (Lipinski definition) is 2. The molecule has 2 rings (SSSR count). The number of carbonyl (C=O) groups excluding carboxylic acids is 2. The van der Waals surface area contributed by atoms with Crippen LogP contribution in [0, 0.1) is 5.82 Å². The summed E-state index contributed by atoms with van der Waals surface area (Å²) >= 11 is 0. The highest BCUT2D eigenvalue weighted by Gasteiger charge is 2.24. The molecule has 0 aliphatic carbocycles. The van der Waals surface area contributed by atoms with Gasteiger partial charge in [0.05, 0.1) is 12.2 Å². The molecule has 0 aromatic heterocycles. The lowest BCUT2D eigenvalue weighted by atomic mass is 10.1. The number of carbonyl (C=O) groups is 3. The fourth-order valence-electron chi connectivity index (χ4n) is 3.10. The average molecular weight is 379 g/mol. The van der Waals surface area contributed by atoms with Crippen LogP contribution in [0.15, 0.2) is 18.2 Å². The van der Waals surface area contributed by atoms with E-state index in [1.165, 1.54) is 13.0 Å². The first-order valence-electron chi connectivity index (χ1n) is 9.12. The summed E-state index contributed by atoms with van der Waals surface area (Å²) in [6.45, 7) is 5.06. The minimum Gasteiger partial charge on any atom is -0.480 e. The van der Waals surface area contributed by atoms with Crippen molar-refractivity contribution in [3.8, 4) is 0 Å². The second-order valence-electron chi connectivity index (χ2n) is 6.65. The van der Waals surface area contributed by atoms with E-state index in [4.69, 9.17) is 5.11 Å². The second kappa shape index (κ2) is 9.45. The van der Waals surface area contributed by atoms with Gasteiger partial charge in [-0.1, -0.05) is 13.3 Å². The fraction of sp³-hybridized carbons (Fsp3) is 0.526. The summed E-state index contributed by atoms with van der Waals surface area (Å²) in [5, 5.41) is 11.9. The number of nitrogens with one attached hydrogen (secondary N) is 1. The van der Waals surface area contributed by atoms with E-state index in [0.717, 1.165) is 0 Å². The number of halogens is 1. The van der Waals surface area contributed by atoms with Gasteiger partial charge < -0.3 is 14.9 Å². The number of piperazine rings is 1. The van der Waals surface area contributed by atoms with Crippen molar-refractivity contribution in [2.45, 2.75) is 32.7 Å². The monoisotopic (exact) mass is 379 g/mol. The zero-order valence-electron chi connectivity index (χ0n) is 15.7. The van der Waals surface area contributed by atoms with Gasteiger partial charge in [-0.25, -0.2) is 4.39 Å². The van der Waals surface area contributed by atoms with Crippen molar-refractivity contribution in [3.05, 3.63) is 29.6 Å². The van der Waals surface area contributed by atoms with Crippen LogP contribution in [0.5, 0.6) is 0 Å². The Morgan fingerprint density at radius 1 is 1.22 bits per heavy atom. The number of Topliss-reactive ketones (excluding diaryl/α,β-unsaturated/α-hetero) is 1. The minimum absolute atomic E-state index is 0.0291. The van der Waals surface area contributed by atoms with E-state index in [9.17, 15) is 18.8 Å². The van der Waals surface area contributed by atoms with Crippen LogP contribution in [-0.4, -0.2) is 66.4 Å². The molecule has 8 heteroatoms. The molecule has 1 amide bonds. The first-order chi connectivity index (χ1) is 12.8.